The van der Waals surface area contributed by atoms with E-state index in [-0.39, 0.29) is 17.7 Å². The number of hydrogen-bond acceptors (Lipinski definition) is 6. The van der Waals surface area contributed by atoms with Crippen LogP contribution in [0.1, 0.15) is 69.3 Å². The minimum Gasteiger partial charge on any atom is -0.373 e. The number of anilines is 1. The van der Waals surface area contributed by atoms with E-state index in [1.807, 2.05) is 13.1 Å². The van der Waals surface area contributed by atoms with E-state index in [4.69, 9.17) is 4.98 Å². The number of carbonyl (C=O) groups excluding carboxylic acids is 2. The fourth-order valence-electron chi connectivity index (χ4n) is 4.34. The summed E-state index contributed by atoms with van der Waals surface area (Å²) < 4.78 is 0. The largest absolute Gasteiger partial charge is 0.373 e. The highest BCUT2D eigenvalue weighted by Crippen LogP contribution is 2.27. The normalized spacial score (nSPS) is 18.8. The number of amides is 2. The molecule has 3 rings (SSSR count). The summed E-state index contributed by atoms with van der Waals surface area (Å²) >= 11 is 0. The van der Waals surface area contributed by atoms with E-state index < -0.39 is 0 Å². The summed E-state index contributed by atoms with van der Waals surface area (Å²) in [5.41, 5.74) is 0.844. The molecule has 0 unspecified atom stereocenters. The van der Waals surface area contributed by atoms with Crippen LogP contribution in [0.25, 0.3) is 0 Å². The molecule has 2 fully saturated rings. The van der Waals surface area contributed by atoms with E-state index in [9.17, 15) is 9.59 Å². The lowest BCUT2D eigenvalue weighted by Crippen LogP contribution is -2.45. The fraction of sp³-hybridized carbons (Fsp3) is 0.727. The highest BCUT2D eigenvalue weighted by Gasteiger charge is 2.25. The molecule has 2 amide bonds. The van der Waals surface area contributed by atoms with E-state index in [0.717, 1.165) is 56.1 Å². The van der Waals surface area contributed by atoms with Crippen molar-refractivity contribution < 1.29 is 9.59 Å². The predicted octanol–water partition coefficient (Wildman–Crippen LogP) is 2.12. The van der Waals surface area contributed by atoms with Crippen molar-refractivity contribution >= 4 is 17.6 Å². The molecule has 1 aliphatic carbocycles. The zero-order valence-electron chi connectivity index (χ0n) is 18.6. The first-order valence-electron chi connectivity index (χ1n) is 11.2. The quantitative estimate of drug-likeness (QED) is 0.708. The van der Waals surface area contributed by atoms with Crippen LogP contribution < -0.4 is 10.6 Å². The smallest absolute Gasteiger partial charge is 0.234 e. The van der Waals surface area contributed by atoms with Crippen LogP contribution in [0, 0.1) is 0 Å². The van der Waals surface area contributed by atoms with Crippen LogP contribution in [-0.4, -0.2) is 71.4 Å². The van der Waals surface area contributed by atoms with Crippen LogP contribution in [0.3, 0.4) is 0 Å². The molecule has 0 bridgehead atoms. The molecule has 0 spiro atoms. The van der Waals surface area contributed by atoms with Gasteiger partial charge in [-0.2, -0.15) is 0 Å². The van der Waals surface area contributed by atoms with Gasteiger partial charge in [0.15, 0.2) is 0 Å². The van der Waals surface area contributed by atoms with Crippen molar-refractivity contribution in [3.8, 4) is 0 Å². The SMILES string of the molecule is CNc1cc(CN(C)C(C)=O)nc(C2CCN(CC(=O)NC3CCCCC3)CC2)n1. The Kier molecular flexibility index (Phi) is 8.01. The van der Waals surface area contributed by atoms with Crippen molar-refractivity contribution in [2.75, 3.05) is 39.0 Å². The van der Waals surface area contributed by atoms with Gasteiger partial charge in [-0.3, -0.25) is 14.5 Å². The zero-order chi connectivity index (χ0) is 21.5. The molecule has 0 radical (unpaired) electrons. The summed E-state index contributed by atoms with van der Waals surface area (Å²) in [6.07, 6.45) is 7.86. The predicted molar refractivity (Wildman–Crippen MR) is 117 cm³/mol. The van der Waals surface area contributed by atoms with Gasteiger partial charge < -0.3 is 15.5 Å². The van der Waals surface area contributed by atoms with Crippen LogP contribution in [0.4, 0.5) is 5.82 Å². The molecule has 166 valence electrons. The van der Waals surface area contributed by atoms with Crippen molar-refractivity contribution in [2.24, 2.45) is 0 Å². The van der Waals surface area contributed by atoms with Gasteiger partial charge in [0.25, 0.3) is 0 Å². The molecule has 1 aromatic heterocycles. The average molecular weight is 417 g/mol. The standard InChI is InChI=1S/C22H36N6O2/c1-16(29)27(3)14-19-13-20(23-2)26-22(25-19)17-9-11-28(12-10-17)15-21(30)24-18-7-5-4-6-8-18/h13,17-18H,4-12,14-15H2,1-3H3,(H,24,30)(H,23,25,26). The van der Waals surface area contributed by atoms with Crippen LogP contribution in [0.15, 0.2) is 6.07 Å². The molecule has 1 aromatic rings. The van der Waals surface area contributed by atoms with Gasteiger partial charge in [0.2, 0.25) is 11.8 Å². The first-order chi connectivity index (χ1) is 14.4. The third kappa shape index (κ3) is 6.39. The maximum absolute atomic E-state index is 12.4. The average Bonchev–Trinajstić information content (AvgIpc) is 2.74. The lowest BCUT2D eigenvalue weighted by molar-refractivity contribution is -0.128. The number of nitrogens with one attached hydrogen (secondary N) is 2. The van der Waals surface area contributed by atoms with Gasteiger partial charge >= 0.3 is 0 Å². The highest BCUT2D eigenvalue weighted by molar-refractivity contribution is 5.78. The molecule has 30 heavy (non-hydrogen) atoms. The summed E-state index contributed by atoms with van der Waals surface area (Å²) in [5, 5.41) is 6.32. The van der Waals surface area contributed by atoms with Crippen molar-refractivity contribution in [3.63, 3.8) is 0 Å². The fourth-order valence-corrected chi connectivity index (χ4v) is 4.34. The Morgan fingerprint density at radius 1 is 1.13 bits per heavy atom. The van der Waals surface area contributed by atoms with Gasteiger partial charge in [0.1, 0.15) is 11.6 Å². The van der Waals surface area contributed by atoms with Gasteiger partial charge in [-0.1, -0.05) is 19.3 Å². The van der Waals surface area contributed by atoms with Gasteiger partial charge in [-0.15, -0.1) is 0 Å². The van der Waals surface area contributed by atoms with Crippen molar-refractivity contribution in [1.29, 1.82) is 0 Å². The molecule has 8 heteroatoms. The van der Waals surface area contributed by atoms with Crippen LogP contribution >= 0.6 is 0 Å². The Hall–Kier alpha value is -2.22. The number of piperidine rings is 1. The molecule has 1 saturated heterocycles. The zero-order valence-corrected chi connectivity index (χ0v) is 18.6. The summed E-state index contributed by atoms with van der Waals surface area (Å²) in [6.45, 7) is 4.26. The van der Waals surface area contributed by atoms with Gasteiger partial charge in [-0.25, -0.2) is 9.97 Å². The third-order valence-corrected chi connectivity index (χ3v) is 6.28. The number of aromatic nitrogens is 2. The van der Waals surface area contributed by atoms with Gasteiger partial charge in [-0.05, 0) is 38.8 Å². The number of nitrogens with zero attached hydrogens (tertiary/aromatic N) is 4. The second-order valence-electron chi connectivity index (χ2n) is 8.68. The number of hydrogen-bond donors (Lipinski definition) is 2. The molecular formula is C22H36N6O2. The van der Waals surface area contributed by atoms with Crippen LogP contribution in [0.2, 0.25) is 0 Å². The molecule has 1 saturated carbocycles. The Bertz CT molecular complexity index is 726. The molecule has 0 aromatic carbocycles. The Balaban J connectivity index is 1.53. The Labute approximate surface area is 179 Å². The molecule has 8 nitrogen and oxygen atoms in total. The van der Waals surface area contributed by atoms with Crippen molar-refractivity contribution in [2.45, 2.75) is 70.4 Å². The second-order valence-corrected chi connectivity index (χ2v) is 8.68. The molecule has 0 atom stereocenters. The summed E-state index contributed by atoms with van der Waals surface area (Å²) in [7, 11) is 3.62. The minimum absolute atomic E-state index is 0.0148. The maximum Gasteiger partial charge on any atom is 0.234 e. The summed E-state index contributed by atoms with van der Waals surface area (Å²) in [5.74, 6) is 2.06. The second kappa shape index (κ2) is 10.7. The topological polar surface area (TPSA) is 90.5 Å². The molecule has 2 heterocycles. The van der Waals surface area contributed by atoms with Crippen LogP contribution in [0.5, 0.6) is 0 Å². The van der Waals surface area contributed by atoms with Gasteiger partial charge in [0, 0.05) is 39.0 Å². The first-order valence-corrected chi connectivity index (χ1v) is 11.2. The number of likely N-dealkylation sites (tertiary alicyclic amines) is 1. The third-order valence-electron chi connectivity index (χ3n) is 6.28. The monoisotopic (exact) mass is 416 g/mol. The molecular weight excluding hydrogens is 380 g/mol. The Morgan fingerprint density at radius 3 is 2.47 bits per heavy atom. The molecule has 2 aliphatic rings. The molecule has 2 N–H and O–H groups in total. The van der Waals surface area contributed by atoms with Crippen molar-refractivity contribution in [1.82, 2.24) is 25.1 Å². The van der Waals surface area contributed by atoms with E-state index in [0.29, 0.717) is 19.1 Å². The molecule has 1 aliphatic heterocycles. The highest BCUT2D eigenvalue weighted by atomic mass is 16.2. The maximum atomic E-state index is 12.4. The van der Waals surface area contributed by atoms with Crippen molar-refractivity contribution in [3.05, 3.63) is 17.6 Å². The number of carbonyl (C=O) groups is 2. The minimum atomic E-state index is 0.0148. The lowest BCUT2D eigenvalue weighted by Gasteiger charge is -2.32. The van der Waals surface area contributed by atoms with E-state index in [1.165, 1.54) is 19.3 Å². The summed E-state index contributed by atoms with van der Waals surface area (Å²) in [4.78, 5) is 37.3. The van der Waals surface area contributed by atoms with E-state index in [2.05, 4.69) is 20.5 Å². The van der Waals surface area contributed by atoms with E-state index >= 15 is 0 Å². The number of rotatable bonds is 7. The van der Waals surface area contributed by atoms with E-state index in [1.54, 1.807) is 18.9 Å². The van der Waals surface area contributed by atoms with Gasteiger partial charge in [0.05, 0.1) is 18.8 Å². The van der Waals surface area contributed by atoms with Crippen LogP contribution in [-0.2, 0) is 16.1 Å². The lowest BCUT2D eigenvalue weighted by atomic mass is 9.95. The first kappa shape index (κ1) is 22.5. The summed E-state index contributed by atoms with van der Waals surface area (Å²) in [6, 6.07) is 2.27. The Morgan fingerprint density at radius 2 is 1.83 bits per heavy atom.